The minimum atomic E-state index is -0.494. The number of unbranched alkanes of at least 4 members (excludes halogenated alkanes) is 6. The van der Waals surface area contributed by atoms with Gasteiger partial charge in [-0.15, -0.1) is 0 Å². The number of thiazole rings is 1. The lowest BCUT2D eigenvalue weighted by Crippen LogP contribution is -2.30. The molecule has 2 saturated carbocycles. The second kappa shape index (κ2) is 31.3. The third-order valence-electron chi connectivity index (χ3n) is 13.6. The summed E-state index contributed by atoms with van der Waals surface area (Å²) in [5.74, 6) is -1.82. The molecule has 0 unspecified atom stereocenters. The van der Waals surface area contributed by atoms with Gasteiger partial charge in [0.05, 0.1) is 66.5 Å². The van der Waals surface area contributed by atoms with Crippen molar-refractivity contribution in [3.05, 3.63) is 122 Å². The molecule has 18 heteroatoms. The number of nitrogens with zero attached hydrogens (tertiary/aromatic N) is 3. The predicted molar refractivity (Wildman–Crippen MR) is 302 cm³/mol. The lowest BCUT2D eigenvalue weighted by molar-refractivity contribution is -0.145. The van der Waals surface area contributed by atoms with Crippen LogP contribution in [-0.4, -0.2) is 73.4 Å². The molecule has 7 rings (SSSR count). The Balaban J connectivity index is 0.878. The lowest BCUT2D eigenvalue weighted by Gasteiger charge is -2.26. The number of hydrogen-bond donors (Lipinski definition) is 0. The van der Waals surface area contributed by atoms with E-state index in [-0.39, 0.29) is 23.4 Å². The molecule has 1 aromatic heterocycles. The molecule has 0 bridgehead atoms. The maximum absolute atomic E-state index is 13.8. The zero-order valence-electron chi connectivity index (χ0n) is 44.8. The first kappa shape index (κ1) is 59.4. The fourth-order valence-corrected chi connectivity index (χ4v) is 9.97. The zero-order valence-corrected chi connectivity index (χ0v) is 45.6. The molecule has 80 heavy (non-hydrogen) atoms. The van der Waals surface area contributed by atoms with Crippen molar-refractivity contribution in [3.63, 3.8) is 0 Å². The van der Waals surface area contributed by atoms with Gasteiger partial charge in [-0.25, -0.2) is 14.6 Å². The SMILES string of the molecule is C#CN(/N=C/c1cc(OC(=O)[C@H]2CC[C@H](C(=O)Oc3ccc(OCCCCCCOC(=O)C=C)cc3)CC2)ccc1OC(=O)[C@H]1CC[C@H](C(=O)Oc2ccc(OCCCCCCOC(=O)C=C)cc2)CC1)c1nc2ccccc2s1. The lowest BCUT2D eigenvalue weighted by atomic mass is 9.82. The highest BCUT2D eigenvalue weighted by atomic mass is 32.1. The monoisotopic (exact) mass is 1110 g/mol. The fraction of sp³-hybridized carbons (Fsp3) is 0.387. The van der Waals surface area contributed by atoms with E-state index >= 15 is 0 Å². The van der Waals surface area contributed by atoms with Gasteiger partial charge in [-0.2, -0.15) is 10.1 Å². The van der Waals surface area contributed by atoms with E-state index in [1.165, 1.54) is 28.6 Å². The topological polar surface area (TPSA) is 205 Å². The fourth-order valence-electron chi connectivity index (χ4n) is 9.08. The molecule has 2 aliphatic rings. The van der Waals surface area contributed by atoms with Crippen LogP contribution in [0.25, 0.3) is 10.2 Å². The Hall–Kier alpha value is -8.30. The normalized spacial score (nSPS) is 16.8. The first-order valence-electron chi connectivity index (χ1n) is 27.2. The molecule has 17 nitrogen and oxygen atoms in total. The summed E-state index contributed by atoms with van der Waals surface area (Å²) in [5.41, 5.74) is 1.06. The van der Waals surface area contributed by atoms with Crippen molar-refractivity contribution in [2.75, 3.05) is 31.4 Å². The Labute approximate surface area is 470 Å². The van der Waals surface area contributed by atoms with E-state index in [4.69, 9.17) is 44.3 Å². The van der Waals surface area contributed by atoms with Gasteiger partial charge in [0, 0.05) is 23.8 Å². The minimum absolute atomic E-state index is 0.160. The number of carbonyl (C=O) groups is 6. The molecule has 0 atom stereocenters. The summed E-state index contributed by atoms with van der Waals surface area (Å²) in [6.45, 7) is 8.55. The molecular weight excluding hydrogens is 1040 g/mol. The van der Waals surface area contributed by atoms with Gasteiger partial charge in [0.15, 0.2) is 0 Å². The number of esters is 6. The largest absolute Gasteiger partial charge is 0.494 e. The van der Waals surface area contributed by atoms with E-state index in [0.29, 0.717) is 111 Å². The summed E-state index contributed by atoms with van der Waals surface area (Å²) in [6.07, 6.45) is 19.9. The number of rotatable bonds is 29. The van der Waals surface area contributed by atoms with E-state index in [0.717, 1.165) is 73.7 Å². The molecule has 0 radical (unpaired) electrons. The van der Waals surface area contributed by atoms with Gasteiger partial charge in [0.2, 0.25) is 5.13 Å². The van der Waals surface area contributed by atoms with Crippen molar-refractivity contribution in [2.24, 2.45) is 28.8 Å². The molecule has 5 aromatic rings. The number of ether oxygens (including phenoxy) is 8. The van der Waals surface area contributed by atoms with Gasteiger partial charge in [0.1, 0.15) is 34.5 Å². The van der Waals surface area contributed by atoms with Crippen LogP contribution in [0.5, 0.6) is 34.5 Å². The Morgan fingerprint density at radius 3 is 1.41 bits per heavy atom. The van der Waals surface area contributed by atoms with Gasteiger partial charge in [-0.3, -0.25) is 19.2 Å². The molecule has 1 heterocycles. The van der Waals surface area contributed by atoms with E-state index < -0.39 is 47.5 Å². The zero-order chi connectivity index (χ0) is 56.5. The molecule has 0 aliphatic heterocycles. The van der Waals surface area contributed by atoms with Crippen LogP contribution in [0, 0.1) is 36.1 Å². The third kappa shape index (κ3) is 18.7. The first-order valence-corrected chi connectivity index (χ1v) is 28.0. The van der Waals surface area contributed by atoms with Gasteiger partial charge in [0.25, 0.3) is 0 Å². The number of terminal acetylenes is 1. The van der Waals surface area contributed by atoms with Gasteiger partial charge in [-0.1, -0.05) is 43.1 Å². The molecule has 0 saturated heterocycles. The summed E-state index contributed by atoms with van der Waals surface area (Å²) in [6, 6.07) is 28.5. The molecule has 420 valence electrons. The number of para-hydroxylation sites is 1. The Bertz CT molecular complexity index is 2930. The Kier molecular flexibility index (Phi) is 23.2. The van der Waals surface area contributed by atoms with Crippen molar-refractivity contribution in [2.45, 2.75) is 103 Å². The molecular formula is C62H67N3O14S. The average molecular weight is 1110 g/mol. The van der Waals surface area contributed by atoms with Crippen molar-refractivity contribution in [1.29, 1.82) is 0 Å². The number of aromatic nitrogens is 1. The number of hydrazone groups is 1. The summed E-state index contributed by atoms with van der Waals surface area (Å²) < 4.78 is 45.9. The van der Waals surface area contributed by atoms with Crippen LogP contribution in [0.2, 0.25) is 0 Å². The number of anilines is 1. The van der Waals surface area contributed by atoms with E-state index in [1.807, 2.05) is 24.3 Å². The highest BCUT2D eigenvalue weighted by Crippen LogP contribution is 2.35. The van der Waals surface area contributed by atoms with Crippen LogP contribution in [0.15, 0.2) is 121 Å². The second-order valence-corrected chi connectivity index (χ2v) is 20.4. The first-order chi connectivity index (χ1) is 39.0. The summed E-state index contributed by atoms with van der Waals surface area (Å²) in [5, 5.41) is 6.23. The van der Waals surface area contributed by atoms with Gasteiger partial charge in [-0.05, 0) is 182 Å². The van der Waals surface area contributed by atoms with E-state index in [9.17, 15) is 28.8 Å². The van der Waals surface area contributed by atoms with Crippen molar-refractivity contribution >= 4 is 68.7 Å². The number of carbonyl (C=O) groups excluding carboxylic acids is 6. The van der Waals surface area contributed by atoms with Crippen molar-refractivity contribution in [1.82, 2.24) is 4.98 Å². The minimum Gasteiger partial charge on any atom is -0.494 e. The molecule has 4 aromatic carbocycles. The highest BCUT2D eigenvalue weighted by Gasteiger charge is 2.34. The Morgan fingerprint density at radius 1 is 0.550 bits per heavy atom. The number of hydrogen-bond acceptors (Lipinski definition) is 18. The summed E-state index contributed by atoms with van der Waals surface area (Å²) in [4.78, 5) is 80.7. The third-order valence-corrected chi connectivity index (χ3v) is 14.6. The molecule has 2 fully saturated rings. The number of fused-ring (bicyclic) bond motifs is 1. The predicted octanol–water partition coefficient (Wildman–Crippen LogP) is 11.7. The number of benzene rings is 4. The van der Waals surface area contributed by atoms with Crippen LogP contribution in [-0.2, 0) is 38.2 Å². The van der Waals surface area contributed by atoms with Crippen molar-refractivity contribution < 1.29 is 66.7 Å². The van der Waals surface area contributed by atoms with Gasteiger partial charge < -0.3 is 37.9 Å². The van der Waals surface area contributed by atoms with Crippen LogP contribution in [0.4, 0.5) is 5.13 Å². The maximum atomic E-state index is 13.8. The molecule has 0 N–H and O–H groups in total. The quantitative estimate of drug-likeness (QED) is 0.00638. The van der Waals surface area contributed by atoms with Crippen molar-refractivity contribution in [3.8, 4) is 47.0 Å². The average Bonchev–Trinajstić information content (AvgIpc) is 3.92. The standard InChI is InChI=1S/C62H67N3O14S/c1-4-56(66)74-39-15-9-7-13-37-72-48-27-31-50(32-28-48)76-58(68)43-19-21-45(22-20-43)60(70)78-52-35-36-54(47(41-52)42-63-65(6-3)62-64-53-17-11-12-18-55(53)80-62)79-61(71)46-25-23-44(24-26-46)59(69)77-51-33-29-49(30-34-51)73-38-14-8-10-16-40-75-57(67)5-2/h3-5,11-12,17-18,27-36,41-46H,1-2,7-10,13-16,19-26,37-40H2/b63-42+/t43-,44-,45-,46-. The van der Waals surface area contributed by atoms with E-state index in [2.05, 4.69) is 29.3 Å². The van der Waals surface area contributed by atoms with Crippen LogP contribution in [0.1, 0.15) is 108 Å². The second-order valence-electron chi connectivity index (χ2n) is 19.3. The maximum Gasteiger partial charge on any atom is 0.330 e. The van der Waals surface area contributed by atoms with Crippen LogP contribution in [0.3, 0.4) is 0 Å². The van der Waals surface area contributed by atoms with E-state index in [1.54, 1.807) is 60.7 Å². The van der Waals surface area contributed by atoms with Crippen LogP contribution >= 0.6 is 11.3 Å². The smallest absolute Gasteiger partial charge is 0.330 e. The molecule has 2 aliphatic carbocycles. The van der Waals surface area contributed by atoms with Crippen LogP contribution < -0.4 is 33.4 Å². The Morgan fingerprint density at radius 2 is 0.963 bits per heavy atom. The summed E-state index contributed by atoms with van der Waals surface area (Å²) >= 11 is 1.35. The summed E-state index contributed by atoms with van der Waals surface area (Å²) in [7, 11) is 0. The highest BCUT2D eigenvalue weighted by molar-refractivity contribution is 7.22. The molecule has 0 spiro atoms. The molecule has 0 amide bonds. The van der Waals surface area contributed by atoms with Gasteiger partial charge >= 0.3 is 35.8 Å².